The van der Waals surface area contributed by atoms with Gasteiger partial charge in [-0.15, -0.1) is 11.3 Å². The topological polar surface area (TPSA) is 70.2 Å². The van der Waals surface area contributed by atoms with Crippen molar-refractivity contribution in [2.45, 2.75) is 0 Å². The zero-order valence-electron chi connectivity index (χ0n) is 12.9. The van der Waals surface area contributed by atoms with Crippen molar-refractivity contribution in [2.24, 2.45) is 0 Å². The van der Waals surface area contributed by atoms with Gasteiger partial charge in [0.15, 0.2) is 5.78 Å². The number of nitrogens with one attached hydrogen (secondary N) is 1. The molecule has 124 valence electrons. The van der Waals surface area contributed by atoms with Gasteiger partial charge in [0.2, 0.25) is 0 Å². The average molecular weight is 368 g/mol. The molecule has 0 unspecified atom stereocenters. The first-order valence-electron chi connectivity index (χ1n) is 7.51. The average Bonchev–Trinajstić information content (AvgIpc) is 3.32. The molecule has 25 heavy (non-hydrogen) atoms. The Morgan fingerprint density at radius 3 is 2.80 bits per heavy atom. The van der Waals surface area contributed by atoms with E-state index in [2.05, 4.69) is 4.98 Å². The molecule has 2 aromatic heterocycles. The molecule has 1 aromatic carbocycles. The molecule has 7 heteroatoms. The Bertz CT molecular complexity index is 1020. The summed E-state index contributed by atoms with van der Waals surface area (Å²) in [6.07, 6.45) is 3.30. The van der Waals surface area contributed by atoms with Crippen LogP contribution in [-0.4, -0.2) is 33.4 Å². The third-order valence-electron chi connectivity index (χ3n) is 3.88. The third kappa shape index (κ3) is 2.92. The molecular formula is C18H12N2O3S2. The number of hydrogen-bond donors (Lipinski definition) is 1. The number of thiophene rings is 1. The number of nitrogens with zero attached hydrogens (tertiary/aromatic N) is 1. The fraction of sp³-hybridized carbons (Fsp3) is 0.0556. The molecule has 0 bridgehead atoms. The van der Waals surface area contributed by atoms with Gasteiger partial charge in [-0.25, -0.2) is 0 Å². The van der Waals surface area contributed by atoms with Crippen LogP contribution < -0.4 is 0 Å². The molecular weight excluding hydrogens is 356 g/mol. The molecule has 1 aliphatic heterocycles. The van der Waals surface area contributed by atoms with Crippen molar-refractivity contribution in [3.8, 4) is 0 Å². The Labute approximate surface area is 151 Å². The van der Waals surface area contributed by atoms with Gasteiger partial charge in [-0.1, -0.05) is 24.3 Å². The maximum atomic E-state index is 12.6. The van der Waals surface area contributed by atoms with Gasteiger partial charge in [0, 0.05) is 27.5 Å². The second kappa shape index (κ2) is 6.34. The number of para-hydroxylation sites is 1. The van der Waals surface area contributed by atoms with Gasteiger partial charge in [-0.3, -0.25) is 19.3 Å². The lowest BCUT2D eigenvalue weighted by Gasteiger charge is -2.10. The number of ketones is 1. The molecule has 0 saturated carbocycles. The molecule has 2 amide bonds. The molecule has 1 aliphatic rings. The summed E-state index contributed by atoms with van der Waals surface area (Å²) >= 11 is 2.35. The van der Waals surface area contributed by atoms with Gasteiger partial charge in [-0.05, 0) is 35.4 Å². The molecule has 0 radical (unpaired) electrons. The van der Waals surface area contributed by atoms with Crippen molar-refractivity contribution in [3.05, 3.63) is 63.3 Å². The van der Waals surface area contributed by atoms with Gasteiger partial charge in [0.05, 0.1) is 11.4 Å². The summed E-state index contributed by atoms with van der Waals surface area (Å²) in [7, 11) is 0. The van der Waals surface area contributed by atoms with Crippen LogP contribution in [0.4, 0.5) is 4.79 Å². The number of imide groups is 1. The van der Waals surface area contributed by atoms with E-state index in [9.17, 15) is 14.4 Å². The monoisotopic (exact) mass is 368 g/mol. The van der Waals surface area contributed by atoms with Crippen molar-refractivity contribution in [3.63, 3.8) is 0 Å². The highest BCUT2D eigenvalue weighted by Crippen LogP contribution is 2.33. The summed E-state index contributed by atoms with van der Waals surface area (Å²) in [5.41, 5.74) is 1.33. The minimum atomic E-state index is -0.420. The van der Waals surface area contributed by atoms with E-state index < -0.39 is 11.1 Å². The molecule has 5 nitrogen and oxygen atoms in total. The van der Waals surface area contributed by atoms with Crippen LogP contribution in [0, 0.1) is 0 Å². The molecule has 0 atom stereocenters. The summed E-state index contributed by atoms with van der Waals surface area (Å²) in [5.74, 6) is -0.686. The van der Waals surface area contributed by atoms with Crippen LogP contribution in [0.5, 0.6) is 0 Å². The predicted octanol–water partition coefficient (Wildman–Crippen LogP) is 4.15. The fourth-order valence-electron chi connectivity index (χ4n) is 2.67. The molecule has 1 saturated heterocycles. The van der Waals surface area contributed by atoms with Crippen LogP contribution >= 0.6 is 23.1 Å². The van der Waals surface area contributed by atoms with E-state index in [4.69, 9.17) is 0 Å². The van der Waals surface area contributed by atoms with Crippen molar-refractivity contribution in [1.29, 1.82) is 0 Å². The first kappa shape index (κ1) is 15.9. The Hall–Kier alpha value is -2.64. The third-order valence-corrected chi connectivity index (χ3v) is 5.61. The lowest BCUT2D eigenvalue weighted by Crippen LogP contribution is -2.33. The Kier molecular flexibility index (Phi) is 4.03. The summed E-state index contributed by atoms with van der Waals surface area (Å²) in [6.45, 7) is -0.256. The van der Waals surface area contributed by atoms with Gasteiger partial charge in [0.25, 0.3) is 11.1 Å². The number of carbonyl (C=O) groups is 3. The number of H-pyrrole nitrogens is 1. The predicted molar refractivity (Wildman–Crippen MR) is 99.6 cm³/mol. The Balaban J connectivity index is 1.57. The highest BCUT2D eigenvalue weighted by molar-refractivity contribution is 8.18. The number of carbonyl (C=O) groups excluding carboxylic acids is 3. The summed E-state index contributed by atoms with van der Waals surface area (Å²) in [4.78, 5) is 42.5. The number of amides is 2. The molecule has 1 N–H and O–H groups in total. The van der Waals surface area contributed by atoms with Gasteiger partial charge in [0.1, 0.15) is 0 Å². The van der Waals surface area contributed by atoms with E-state index >= 15 is 0 Å². The SMILES string of the molecule is O=C(CN1C(=O)S/C(=C\c2cccs2)C1=O)c1c[nH]c2ccccc12. The molecule has 1 fully saturated rings. The number of benzene rings is 1. The first-order chi connectivity index (χ1) is 12.1. The number of rotatable bonds is 4. The van der Waals surface area contributed by atoms with Crippen LogP contribution in [0.15, 0.2) is 52.9 Å². The smallest absolute Gasteiger partial charge is 0.293 e. The van der Waals surface area contributed by atoms with E-state index in [-0.39, 0.29) is 12.3 Å². The van der Waals surface area contributed by atoms with E-state index in [1.807, 2.05) is 41.8 Å². The van der Waals surface area contributed by atoms with Gasteiger partial charge in [-0.2, -0.15) is 0 Å². The van der Waals surface area contributed by atoms with Gasteiger partial charge >= 0.3 is 0 Å². The zero-order chi connectivity index (χ0) is 17.4. The second-order valence-corrected chi connectivity index (χ2v) is 7.43. The lowest BCUT2D eigenvalue weighted by atomic mass is 10.1. The highest BCUT2D eigenvalue weighted by atomic mass is 32.2. The van der Waals surface area contributed by atoms with Crippen LogP contribution in [0.25, 0.3) is 17.0 Å². The number of thioether (sulfide) groups is 1. The standard InChI is InChI=1S/C18H12N2O3S2/c21-15(13-9-19-14-6-2-1-5-12(13)14)10-20-17(22)16(25-18(20)23)8-11-4-3-7-24-11/h1-9,19H,10H2/b16-8-. The Morgan fingerprint density at radius 1 is 1.16 bits per heavy atom. The van der Waals surface area contributed by atoms with Crippen molar-refractivity contribution in [1.82, 2.24) is 9.88 Å². The van der Waals surface area contributed by atoms with Crippen LogP contribution in [0.1, 0.15) is 15.2 Å². The lowest BCUT2D eigenvalue weighted by molar-refractivity contribution is -0.122. The van der Waals surface area contributed by atoms with Crippen LogP contribution in [0.3, 0.4) is 0 Å². The first-order valence-corrected chi connectivity index (χ1v) is 9.21. The number of hydrogen-bond acceptors (Lipinski definition) is 5. The maximum absolute atomic E-state index is 12.6. The largest absolute Gasteiger partial charge is 0.360 e. The van der Waals surface area contributed by atoms with Crippen molar-refractivity contribution >= 4 is 57.0 Å². The normalized spacial score (nSPS) is 16.3. The molecule has 3 aromatic rings. The quantitative estimate of drug-likeness (QED) is 0.555. The van der Waals surface area contributed by atoms with E-state index in [1.165, 1.54) is 11.3 Å². The number of fused-ring (bicyclic) bond motifs is 1. The maximum Gasteiger partial charge on any atom is 0.293 e. The fourth-order valence-corrected chi connectivity index (χ4v) is 4.23. The number of aromatic amines is 1. The molecule has 0 aliphatic carbocycles. The zero-order valence-corrected chi connectivity index (χ0v) is 14.5. The van der Waals surface area contributed by atoms with E-state index in [1.54, 1.807) is 12.3 Å². The summed E-state index contributed by atoms with van der Waals surface area (Å²) < 4.78 is 0. The molecule has 4 rings (SSSR count). The molecule has 0 spiro atoms. The summed E-state index contributed by atoms with van der Waals surface area (Å²) in [6, 6.07) is 11.2. The van der Waals surface area contributed by atoms with Gasteiger partial charge < -0.3 is 4.98 Å². The van der Waals surface area contributed by atoms with E-state index in [0.717, 1.165) is 32.4 Å². The van der Waals surface area contributed by atoms with Crippen LogP contribution in [0.2, 0.25) is 0 Å². The summed E-state index contributed by atoms with van der Waals surface area (Å²) in [5, 5.41) is 2.27. The highest BCUT2D eigenvalue weighted by Gasteiger charge is 2.36. The molecule has 3 heterocycles. The second-order valence-electron chi connectivity index (χ2n) is 5.45. The number of aromatic nitrogens is 1. The van der Waals surface area contributed by atoms with Crippen LogP contribution in [-0.2, 0) is 4.79 Å². The number of Topliss-reactive ketones (excluding diaryl/α,β-unsaturated/α-hetero) is 1. The van der Waals surface area contributed by atoms with E-state index in [0.29, 0.717) is 10.5 Å². The Morgan fingerprint density at radius 2 is 2.00 bits per heavy atom. The minimum absolute atomic E-state index is 0.256. The minimum Gasteiger partial charge on any atom is -0.360 e. The van der Waals surface area contributed by atoms with Crippen molar-refractivity contribution in [2.75, 3.05) is 6.54 Å². The van der Waals surface area contributed by atoms with Crippen molar-refractivity contribution < 1.29 is 14.4 Å².